The van der Waals surface area contributed by atoms with Gasteiger partial charge in [0.2, 0.25) is 0 Å². The minimum absolute atomic E-state index is 0.0574. The molecule has 0 bridgehead atoms. The summed E-state index contributed by atoms with van der Waals surface area (Å²) in [7, 11) is 1.77. The fourth-order valence-corrected chi connectivity index (χ4v) is 1.10. The summed E-state index contributed by atoms with van der Waals surface area (Å²) >= 11 is 0. The van der Waals surface area contributed by atoms with E-state index in [9.17, 15) is 4.79 Å². The Morgan fingerprint density at radius 3 is 2.93 bits per heavy atom. The van der Waals surface area contributed by atoms with E-state index in [1.807, 2.05) is 19.1 Å². The molecule has 1 aromatic rings. The summed E-state index contributed by atoms with van der Waals surface area (Å²) in [5, 5.41) is 2.93. The molecule has 0 unspecified atom stereocenters. The molecule has 1 heterocycles. The van der Waals surface area contributed by atoms with Crippen LogP contribution in [0, 0.1) is 0 Å². The minimum Gasteiger partial charge on any atom is -0.482 e. The van der Waals surface area contributed by atoms with E-state index in [4.69, 9.17) is 4.74 Å². The lowest BCUT2D eigenvalue weighted by atomic mass is 10.3. The summed E-state index contributed by atoms with van der Waals surface area (Å²) in [6, 6.07) is 3.71. The molecule has 0 saturated heterocycles. The molecule has 1 N–H and O–H groups in total. The zero-order chi connectivity index (χ0) is 10.4. The molecule has 0 aliphatic rings. The van der Waals surface area contributed by atoms with Crippen molar-refractivity contribution < 1.29 is 9.53 Å². The number of rotatable bonds is 5. The molecule has 0 radical (unpaired) electrons. The van der Waals surface area contributed by atoms with E-state index in [-0.39, 0.29) is 6.61 Å². The van der Waals surface area contributed by atoms with Gasteiger partial charge in [0, 0.05) is 12.7 Å². The smallest absolute Gasteiger partial charge is 0.168 e. The van der Waals surface area contributed by atoms with Crippen molar-refractivity contribution in [1.82, 2.24) is 4.98 Å². The lowest BCUT2D eigenvalue weighted by Crippen LogP contribution is -2.03. The van der Waals surface area contributed by atoms with Gasteiger partial charge in [-0.05, 0) is 18.6 Å². The van der Waals surface area contributed by atoms with Gasteiger partial charge in [0.1, 0.15) is 6.61 Å². The van der Waals surface area contributed by atoms with Gasteiger partial charge in [-0.1, -0.05) is 6.92 Å². The number of hydrogen-bond acceptors (Lipinski definition) is 4. The van der Waals surface area contributed by atoms with Crippen LogP contribution in [0.5, 0.6) is 5.75 Å². The van der Waals surface area contributed by atoms with Crippen LogP contribution in [0.2, 0.25) is 0 Å². The number of nitrogens with one attached hydrogen (secondary N) is 1. The van der Waals surface area contributed by atoms with Crippen molar-refractivity contribution in [3.05, 3.63) is 17.8 Å². The number of hydrogen-bond donors (Lipinski definition) is 1. The van der Waals surface area contributed by atoms with Crippen LogP contribution in [0.25, 0.3) is 0 Å². The van der Waals surface area contributed by atoms with Crippen LogP contribution in [0.4, 0.5) is 5.82 Å². The molecule has 4 nitrogen and oxygen atoms in total. The normalized spacial score (nSPS) is 9.57. The topological polar surface area (TPSA) is 51.2 Å². The van der Waals surface area contributed by atoms with Gasteiger partial charge in [-0.15, -0.1) is 0 Å². The number of carbonyl (C=O) groups excluding carboxylic acids is 1. The molecule has 14 heavy (non-hydrogen) atoms. The van der Waals surface area contributed by atoms with E-state index in [1.165, 1.54) is 0 Å². The van der Waals surface area contributed by atoms with E-state index >= 15 is 0 Å². The van der Waals surface area contributed by atoms with Gasteiger partial charge < -0.3 is 10.1 Å². The predicted octanol–water partition coefficient (Wildman–Crippen LogP) is 1.26. The first kappa shape index (κ1) is 10.5. The first-order valence-corrected chi connectivity index (χ1v) is 4.56. The van der Waals surface area contributed by atoms with Gasteiger partial charge in [0.05, 0.1) is 0 Å². The van der Waals surface area contributed by atoms with Crippen LogP contribution in [-0.4, -0.2) is 24.9 Å². The lowest BCUT2D eigenvalue weighted by Gasteiger charge is -2.09. The Morgan fingerprint density at radius 2 is 2.36 bits per heavy atom. The van der Waals surface area contributed by atoms with Crippen LogP contribution >= 0.6 is 0 Å². The van der Waals surface area contributed by atoms with Crippen molar-refractivity contribution >= 4 is 12.1 Å². The molecule has 76 valence electrons. The first-order valence-electron chi connectivity index (χ1n) is 4.56. The second-order valence-corrected chi connectivity index (χ2v) is 2.73. The quantitative estimate of drug-likeness (QED) is 0.717. The molecule has 4 heteroatoms. The highest BCUT2D eigenvalue weighted by Gasteiger charge is 2.03. The second kappa shape index (κ2) is 5.21. The van der Waals surface area contributed by atoms with Crippen molar-refractivity contribution in [2.24, 2.45) is 0 Å². The third-order valence-corrected chi connectivity index (χ3v) is 1.82. The molecule has 0 aliphatic carbocycles. The van der Waals surface area contributed by atoms with Gasteiger partial charge in [0.25, 0.3) is 0 Å². The summed E-state index contributed by atoms with van der Waals surface area (Å²) in [5.74, 6) is 1.28. The highest BCUT2D eigenvalue weighted by Crippen LogP contribution is 2.21. The maximum atomic E-state index is 10.1. The standard InChI is InChI=1S/C10H14N2O2/c1-3-8-4-5-9(14-7-6-13)10(11-2)12-8/h4-6H,3,7H2,1-2H3,(H,11,12). The molecule has 0 aliphatic heterocycles. The number of anilines is 1. The average Bonchev–Trinajstić information content (AvgIpc) is 2.26. The molecule has 0 aromatic carbocycles. The molecular weight excluding hydrogens is 180 g/mol. The van der Waals surface area contributed by atoms with Crippen molar-refractivity contribution in [3.63, 3.8) is 0 Å². The fourth-order valence-electron chi connectivity index (χ4n) is 1.10. The van der Waals surface area contributed by atoms with Crippen LogP contribution in [0.3, 0.4) is 0 Å². The van der Waals surface area contributed by atoms with Gasteiger partial charge >= 0.3 is 0 Å². The van der Waals surface area contributed by atoms with Crippen molar-refractivity contribution in [3.8, 4) is 5.75 Å². The number of aryl methyl sites for hydroxylation is 1. The molecule has 0 amide bonds. The largest absolute Gasteiger partial charge is 0.482 e. The number of aldehydes is 1. The number of pyridine rings is 1. The average molecular weight is 194 g/mol. The van der Waals surface area contributed by atoms with E-state index in [1.54, 1.807) is 7.05 Å². The van der Waals surface area contributed by atoms with E-state index in [2.05, 4.69) is 10.3 Å². The highest BCUT2D eigenvalue weighted by molar-refractivity contribution is 5.54. The zero-order valence-electron chi connectivity index (χ0n) is 8.41. The van der Waals surface area contributed by atoms with Crippen molar-refractivity contribution in [1.29, 1.82) is 0 Å². The SMILES string of the molecule is CCc1ccc(OCC=O)c(NC)n1. The van der Waals surface area contributed by atoms with Gasteiger partial charge in [-0.25, -0.2) is 4.98 Å². The first-order chi connectivity index (χ1) is 6.81. The predicted molar refractivity (Wildman–Crippen MR) is 54.7 cm³/mol. The van der Waals surface area contributed by atoms with Crippen LogP contribution in [-0.2, 0) is 11.2 Å². The second-order valence-electron chi connectivity index (χ2n) is 2.73. The van der Waals surface area contributed by atoms with Gasteiger partial charge in [-0.2, -0.15) is 0 Å². The molecule has 0 saturated carbocycles. The van der Waals surface area contributed by atoms with E-state index in [0.717, 1.165) is 12.1 Å². The summed E-state index contributed by atoms with van der Waals surface area (Å²) in [4.78, 5) is 14.4. The van der Waals surface area contributed by atoms with Crippen LogP contribution in [0.1, 0.15) is 12.6 Å². The Kier molecular flexibility index (Phi) is 3.91. The van der Waals surface area contributed by atoms with Crippen LogP contribution in [0.15, 0.2) is 12.1 Å². The monoisotopic (exact) mass is 194 g/mol. The Labute approximate surface area is 83.3 Å². The van der Waals surface area contributed by atoms with Gasteiger partial charge in [-0.3, -0.25) is 4.79 Å². The summed E-state index contributed by atoms with van der Waals surface area (Å²) in [5.41, 5.74) is 0.993. The van der Waals surface area contributed by atoms with Gasteiger partial charge in [0.15, 0.2) is 17.9 Å². The number of nitrogens with zero attached hydrogens (tertiary/aromatic N) is 1. The molecule has 0 atom stereocenters. The molecule has 1 aromatic heterocycles. The third kappa shape index (κ3) is 2.45. The highest BCUT2D eigenvalue weighted by atomic mass is 16.5. The third-order valence-electron chi connectivity index (χ3n) is 1.82. The molecule has 0 spiro atoms. The summed E-state index contributed by atoms with van der Waals surface area (Å²) in [6.07, 6.45) is 1.59. The molecule has 1 rings (SSSR count). The van der Waals surface area contributed by atoms with E-state index < -0.39 is 0 Å². The maximum Gasteiger partial charge on any atom is 0.168 e. The Morgan fingerprint density at radius 1 is 1.57 bits per heavy atom. The molecular formula is C10H14N2O2. The molecule has 0 fully saturated rings. The lowest BCUT2D eigenvalue weighted by molar-refractivity contribution is -0.109. The van der Waals surface area contributed by atoms with Crippen LogP contribution < -0.4 is 10.1 Å². The summed E-state index contributed by atoms with van der Waals surface area (Å²) in [6.45, 7) is 2.09. The maximum absolute atomic E-state index is 10.1. The van der Waals surface area contributed by atoms with Crippen molar-refractivity contribution in [2.45, 2.75) is 13.3 Å². The van der Waals surface area contributed by atoms with E-state index in [0.29, 0.717) is 17.9 Å². The minimum atomic E-state index is 0.0574. The number of ether oxygens (including phenoxy) is 1. The van der Waals surface area contributed by atoms with Crippen molar-refractivity contribution in [2.75, 3.05) is 19.0 Å². The Bertz CT molecular complexity index is 313. The number of carbonyl (C=O) groups is 1. The fraction of sp³-hybridized carbons (Fsp3) is 0.400. The summed E-state index contributed by atoms with van der Waals surface area (Å²) < 4.78 is 5.18. The Balaban J connectivity index is 2.87. The number of aromatic nitrogens is 1. The zero-order valence-corrected chi connectivity index (χ0v) is 8.41. The Hall–Kier alpha value is -1.58.